The van der Waals surface area contributed by atoms with Crippen LogP contribution in [0.2, 0.25) is 5.02 Å². The number of benzene rings is 2. The van der Waals surface area contributed by atoms with Crippen molar-refractivity contribution < 1.29 is 14.0 Å². The van der Waals surface area contributed by atoms with Gasteiger partial charge >= 0.3 is 0 Å². The minimum atomic E-state index is -0.546. The van der Waals surface area contributed by atoms with Crippen LogP contribution in [0.1, 0.15) is 62.5 Å². The largest absolute Gasteiger partial charge is 0.373 e. The molecule has 8 heteroatoms. The predicted molar refractivity (Wildman–Crippen MR) is 147 cm³/mol. The van der Waals surface area contributed by atoms with E-state index in [9.17, 15) is 9.59 Å². The molecule has 2 aromatic rings. The van der Waals surface area contributed by atoms with Crippen LogP contribution in [0, 0.1) is 18.7 Å². The van der Waals surface area contributed by atoms with Crippen LogP contribution in [0.5, 0.6) is 0 Å². The van der Waals surface area contributed by atoms with Crippen LogP contribution >= 0.6 is 11.6 Å². The quantitative estimate of drug-likeness (QED) is 0.484. The van der Waals surface area contributed by atoms with Gasteiger partial charge in [0.1, 0.15) is 11.9 Å². The number of aryl methyl sites for hydroxylation is 1. The van der Waals surface area contributed by atoms with Gasteiger partial charge in [-0.3, -0.25) is 9.59 Å². The Balaban J connectivity index is 1.38. The van der Waals surface area contributed by atoms with Crippen molar-refractivity contribution >= 4 is 40.5 Å². The van der Waals surface area contributed by atoms with Gasteiger partial charge in [0.25, 0.3) is 0 Å². The standard InChI is InChI=1S/C29H36ClFN4O2/c1-18-9-10-24(31)26-25(20-7-5-3-4-6-8-20)28(33-27(18)26)29(37)32-22-15-21(30)16-23(17-22)35-13-11-34(12-14-35)19(2)36/h9-10,15-17,20,25,28,33H,3-8,11-14H2,1-2H3,(H,32,37). The number of halogens is 2. The van der Waals surface area contributed by atoms with Gasteiger partial charge in [-0.15, -0.1) is 0 Å². The molecule has 0 aromatic heterocycles. The maximum Gasteiger partial charge on any atom is 0.247 e. The summed E-state index contributed by atoms with van der Waals surface area (Å²) < 4.78 is 15.2. The first-order valence-corrected chi connectivity index (χ1v) is 13.9. The molecule has 0 spiro atoms. The molecule has 2 N–H and O–H groups in total. The SMILES string of the molecule is CC(=O)N1CCN(c2cc(Cl)cc(NC(=O)C3Nc4c(C)ccc(F)c4C3C3CCCCCC3)c2)CC1. The molecule has 3 aliphatic rings. The highest BCUT2D eigenvalue weighted by Crippen LogP contribution is 2.47. The topological polar surface area (TPSA) is 64.7 Å². The molecule has 2 unspecified atom stereocenters. The molecule has 2 aromatic carbocycles. The fourth-order valence-corrected chi connectivity index (χ4v) is 6.60. The second-order valence-corrected chi connectivity index (χ2v) is 11.2. The van der Waals surface area contributed by atoms with Crippen molar-refractivity contribution in [3.8, 4) is 0 Å². The van der Waals surface area contributed by atoms with Crippen molar-refractivity contribution in [2.75, 3.05) is 41.7 Å². The van der Waals surface area contributed by atoms with Crippen molar-refractivity contribution in [3.63, 3.8) is 0 Å². The van der Waals surface area contributed by atoms with Crippen molar-refractivity contribution in [1.82, 2.24) is 4.90 Å². The molecule has 2 heterocycles. The normalized spacial score (nSPS) is 22.3. The van der Waals surface area contributed by atoms with Crippen molar-refractivity contribution in [2.45, 2.75) is 64.3 Å². The third-order valence-corrected chi connectivity index (χ3v) is 8.54. The van der Waals surface area contributed by atoms with E-state index in [1.165, 1.54) is 18.9 Å². The van der Waals surface area contributed by atoms with E-state index >= 15 is 4.39 Å². The van der Waals surface area contributed by atoms with E-state index in [0.717, 1.165) is 42.6 Å². The second kappa shape index (κ2) is 10.9. The minimum absolute atomic E-state index is 0.0821. The van der Waals surface area contributed by atoms with E-state index in [2.05, 4.69) is 15.5 Å². The van der Waals surface area contributed by atoms with E-state index in [1.54, 1.807) is 19.1 Å². The molecule has 198 valence electrons. The summed E-state index contributed by atoms with van der Waals surface area (Å²) in [5.74, 6) is -0.257. The Morgan fingerprint density at radius 3 is 2.41 bits per heavy atom. The molecule has 2 atom stereocenters. The average molecular weight is 527 g/mol. The van der Waals surface area contributed by atoms with Gasteiger partial charge in [-0.25, -0.2) is 4.39 Å². The smallest absolute Gasteiger partial charge is 0.247 e. The Labute approximate surface area is 223 Å². The van der Waals surface area contributed by atoms with Gasteiger partial charge in [0, 0.05) is 66.7 Å². The molecule has 6 nitrogen and oxygen atoms in total. The average Bonchev–Trinajstić information content (AvgIpc) is 3.09. The summed E-state index contributed by atoms with van der Waals surface area (Å²) in [4.78, 5) is 29.5. The molecule has 2 fully saturated rings. The fraction of sp³-hybridized carbons (Fsp3) is 0.517. The van der Waals surface area contributed by atoms with Crippen LogP contribution in [-0.2, 0) is 9.59 Å². The van der Waals surface area contributed by atoms with Crippen LogP contribution in [0.25, 0.3) is 0 Å². The number of fused-ring (bicyclic) bond motifs is 1. The van der Waals surface area contributed by atoms with E-state index < -0.39 is 6.04 Å². The summed E-state index contributed by atoms with van der Waals surface area (Å²) in [6.45, 7) is 6.27. The monoisotopic (exact) mass is 526 g/mol. The molecule has 1 saturated heterocycles. The number of piperazine rings is 1. The molecule has 2 aliphatic heterocycles. The van der Waals surface area contributed by atoms with Gasteiger partial charge in [-0.05, 0) is 55.5 Å². The third kappa shape index (κ3) is 5.42. The molecular formula is C29H36ClFN4O2. The van der Waals surface area contributed by atoms with Crippen LogP contribution in [0.4, 0.5) is 21.5 Å². The summed E-state index contributed by atoms with van der Waals surface area (Å²) in [5.41, 5.74) is 3.93. The lowest BCUT2D eigenvalue weighted by Gasteiger charge is -2.36. The minimum Gasteiger partial charge on any atom is -0.373 e. The predicted octanol–water partition coefficient (Wildman–Crippen LogP) is 5.94. The lowest BCUT2D eigenvalue weighted by Crippen LogP contribution is -2.48. The highest BCUT2D eigenvalue weighted by atomic mass is 35.5. The van der Waals surface area contributed by atoms with Crippen molar-refractivity contribution in [2.24, 2.45) is 5.92 Å². The first-order valence-electron chi connectivity index (χ1n) is 13.5. The Bertz CT molecular complexity index is 1170. The first kappa shape index (κ1) is 25.8. The number of nitrogens with one attached hydrogen (secondary N) is 2. The van der Waals surface area contributed by atoms with Crippen molar-refractivity contribution in [3.05, 3.63) is 52.3 Å². The molecule has 0 bridgehead atoms. The maximum atomic E-state index is 15.2. The second-order valence-electron chi connectivity index (χ2n) is 10.7. The van der Waals surface area contributed by atoms with Gasteiger partial charge in [-0.1, -0.05) is 43.4 Å². The number of anilines is 3. The van der Waals surface area contributed by atoms with Crippen LogP contribution in [0.3, 0.4) is 0 Å². The Morgan fingerprint density at radius 2 is 1.73 bits per heavy atom. The Morgan fingerprint density at radius 1 is 1.03 bits per heavy atom. The number of rotatable bonds is 4. The van der Waals surface area contributed by atoms with E-state index in [4.69, 9.17) is 11.6 Å². The molecule has 1 saturated carbocycles. The van der Waals surface area contributed by atoms with Gasteiger partial charge in [0.2, 0.25) is 11.8 Å². The molecule has 1 aliphatic carbocycles. The van der Waals surface area contributed by atoms with E-state index in [1.807, 2.05) is 24.0 Å². The zero-order valence-corrected chi connectivity index (χ0v) is 22.4. The molecule has 5 rings (SSSR count). The third-order valence-electron chi connectivity index (χ3n) is 8.32. The summed E-state index contributed by atoms with van der Waals surface area (Å²) in [6.07, 6.45) is 6.65. The van der Waals surface area contributed by atoms with E-state index in [-0.39, 0.29) is 29.5 Å². The molecule has 0 radical (unpaired) electrons. The highest BCUT2D eigenvalue weighted by Gasteiger charge is 2.44. The molecule has 37 heavy (non-hydrogen) atoms. The Hall–Kier alpha value is -2.80. The van der Waals surface area contributed by atoms with Crippen molar-refractivity contribution in [1.29, 1.82) is 0 Å². The zero-order valence-electron chi connectivity index (χ0n) is 21.7. The number of hydrogen-bond donors (Lipinski definition) is 2. The summed E-state index contributed by atoms with van der Waals surface area (Å²) in [7, 11) is 0. The van der Waals surface area contributed by atoms with Gasteiger partial charge in [-0.2, -0.15) is 0 Å². The summed E-state index contributed by atoms with van der Waals surface area (Å²) in [5, 5.41) is 7.03. The molecular weight excluding hydrogens is 491 g/mol. The number of amides is 2. The lowest BCUT2D eigenvalue weighted by molar-refractivity contribution is -0.129. The zero-order chi connectivity index (χ0) is 26.1. The summed E-state index contributed by atoms with van der Waals surface area (Å²) >= 11 is 6.47. The van der Waals surface area contributed by atoms with Crippen LogP contribution in [0.15, 0.2) is 30.3 Å². The first-order chi connectivity index (χ1) is 17.8. The Kier molecular flexibility index (Phi) is 7.61. The van der Waals surface area contributed by atoms with Crippen LogP contribution in [-0.4, -0.2) is 48.9 Å². The maximum absolute atomic E-state index is 15.2. The summed E-state index contributed by atoms with van der Waals surface area (Å²) in [6, 6.07) is 8.34. The number of carbonyl (C=O) groups is 2. The number of hydrogen-bond acceptors (Lipinski definition) is 4. The van der Waals surface area contributed by atoms with E-state index in [0.29, 0.717) is 42.5 Å². The number of nitrogens with zero attached hydrogens (tertiary/aromatic N) is 2. The van der Waals surface area contributed by atoms with Gasteiger partial charge < -0.3 is 20.4 Å². The van der Waals surface area contributed by atoms with Crippen LogP contribution < -0.4 is 15.5 Å². The lowest BCUT2D eigenvalue weighted by atomic mass is 9.78. The van der Waals surface area contributed by atoms with Gasteiger partial charge in [0.15, 0.2) is 0 Å². The highest BCUT2D eigenvalue weighted by molar-refractivity contribution is 6.31. The van der Waals surface area contributed by atoms with Gasteiger partial charge in [0.05, 0.1) is 0 Å². The fourth-order valence-electron chi connectivity index (χ4n) is 6.37. The molecule has 2 amide bonds. The number of carbonyl (C=O) groups excluding carboxylic acids is 2.